The minimum Gasteiger partial charge on any atom is -0.302 e. The molecule has 0 bridgehead atoms. The molecule has 1 nitrogen and oxygen atoms in total. The highest BCUT2D eigenvalue weighted by Gasteiger charge is 2.03. The third-order valence-corrected chi connectivity index (χ3v) is 16.1. The molecule has 0 aliphatic rings. The van der Waals surface area contributed by atoms with Crippen LogP contribution < -0.4 is 0 Å². The van der Waals surface area contributed by atoms with Crippen LogP contribution in [0.1, 0.15) is 6.92 Å². The van der Waals surface area contributed by atoms with E-state index < -0.39 is 6.46 Å². The molecule has 0 amide bonds. The van der Waals surface area contributed by atoms with Crippen LogP contribution in [0, 0.1) is 0 Å². The quantitative estimate of drug-likeness (QED) is 0.418. The summed E-state index contributed by atoms with van der Waals surface area (Å²) < 4.78 is 5.22. The van der Waals surface area contributed by atoms with E-state index in [-0.39, 0.29) is 0 Å². The van der Waals surface area contributed by atoms with E-state index in [0.29, 0.717) is 6.61 Å². The summed E-state index contributed by atoms with van der Waals surface area (Å²) in [5, 5.41) is 0. The minimum absolute atomic E-state index is 0.592. The van der Waals surface area contributed by atoms with Gasteiger partial charge < -0.3 is 4.18 Å². The lowest BCUT2D eigenvalue weighted by Gasteiger charge is -2.05. The first-order valence-corrected chi connectivity index (χ1v) is 13.6. The SMILES string of the molecule is CCOS(=S)(=S)SSSSSS. The average Bonchev–Trinajstić information content (AvgIpc) is 1.98. The molecule has 0 rings (SSSR count). The Labute approximate surface area is 106 Å². The minimum atomic E-state index is -1.73. The van der Waals surface area contributed by atoms with Gasteiger partial charge in [-0.2, -0.15) is 0 Å². The van der Waals surface area contributed by atoms with Crippen molar-refractivity contribution >= 4 is 89.6 Å². The van der Waals surface area contributed by atoms with E-state index in [1.54, 1.807) is 29.5 Å². The summed E-state index contributed by atoms with van der Waals surface area (Å²) >= 11 is 14.1. The topological polar surface area (TPSA) is 9.23 Å². The highest BCUT2D eigenvalue weighted by molar-refractivity contribution is 9.46. The standard InChI is InChI=1S/C2H6OS9/c1-2-3-12(5,6)11-10-9-8-7-4/h4H,2H2,1H3. The Morgan fingerprint density at radius 2 is 2.00 bits per heavy atom. The van der Waals surface area contributed by atoms with Gasteiger partial charge in [-0.25, -0.2) is 0 Å². The molecule has 12 heavy (non-hydrogen) atoms. The van der Waals surface area contributed by atoms with Crippen LogP contribution in [0.4, 0.5) is 0 Å². The van der Waals surface area contributed by atoms with E-state index in [2.05, 4.69) is 11.7 Å². The van der Waals surface area contributed by atoms with Crippen molar-refractivity contribution in [2.75, 3.05) is 6.61 Å². The third kappa shape index (κ3) is 9.41. The monoisotopic (exact) mass is 334 g/mol. The van der Waals surface area contributed by atoms with Crippen LogP contribution in [0.25, 0.3) is 0 Å². The summed E-state index contributed by atoms with van der Waals surface area (Å²) in [6, 6.07) is 0. The molecule has 0 N–H and O–H groups in total. The van der Waals surface area contributed by atoms with Gasteiger partial charge in [-0.1, -0.05) is 11.7 Å². The number of hydrogen-bond acceptors (Lipinski definition) is 9. The summed E-state index contributed by atoms with van der Waals surface area (Å²) in [5.41, 5.74) is 0. The average molecular weight is 335 g/mol. The van der Waals surface area contributed by atoms with E-state index in [1.165, 1.54) is 19.7 Å². The fourth-order valence-electron chi connectivity index (χ4n) is 0.233. The van der Waals surface area contributed by atoms with Crippen molar-refractivity contribution in [3.05, 3.63) is 0 Å². The summed E-state index contributed by atoms with van der Waals surface area (Å²) in [4.78, 5) is 0. The maximum atomic E-state index is 5.22. The van der Waals surface area contributed by atoms with Gasteiger partial charge in [0.05, 0.1) is 13.1 Å². The Balaban J connectivity index is 3.48. The molecule has 0 heterocycles. The summed E-state index contributed by atoms with van der Waals surface area (Å²) in [5.74, 6) is 0. The van der Waals surface area contributed by atoms with Gasteiger partial charge in [0.2, 0.25) is 0 Å². The summed E-state index contributed by atoms with van der Waals surface area (Å²) in [6.45, 7) is 0.758. The second-order valence-electron chi connectivity index (χ2n) is 1.16. The van der Waals surface area contributed by atoms with E-state index in [0.717, 1.165) is 0 Å². The van der Waals surface area contributed by atoms with Gasteiger partial charge >= 0.3 is 0 Å². The Kier molecular flexibility index (Phi) is 11.3. The van der Waals surface area contributed by atoms with Gasteiger partial charge in [0.1, 0.15) is 0 Å². The molecule has 0 aromatic carbocycles. The first-order valence-electron chi connectivity index (χ1n) is 2.51. The predicted octanol–water partition coefficient (Wildman–Crippen LogP) is 4.10. The molecule has 0 aliphatic carbocycles. The third-order valence-electron chi connectivity index (χ3n) is 0.459. The lowest BCUT2D eigenvalue weighted by molar-refractivity contribution is 0.402. The summed E-state index contributed by atoms with van der Waals surface area (Å²) in [7, 11) is 7.57. The molecule has 74 valence electrons. The fraction of sp³-hybridized carbons (Fsp3) is 1.00. The number of thiol groups is 1. The molecule has 0 saturated carbocycles. The van der Waals surface area contributed by atoms with Crippen molar-refractivity contribution in [3.63, 3.8) is 0 Å². The molecular weight excluding hydrogens is 329 g/mol. The highest BCUT2D eigenvalue weighted by Crippen LogP contribution is 2.51. The molecule has 0 saturated heterocycles. The fourth-order valence-corrected chi connectivity index (χ4v) is 16.8. The molecule has 0 aliphatic heterocycles. The van der Waals surface area contributed by atoms with Crippen molar-refractivity contribution in [2.45, 2.75) is 6.92 Å². The van der Waals surface area contributed by atoms with Crippen LogP contribution in [-0.2, 0) is 33.0 Å². The maximum Gasteiger partial charge on any atom is 0.0820 e. The van der Waals surface area contributed by atoms with Crippen LogP contribution in [0.15, 0.2) is 0 Å². The second-order valence-corrected chi connectivity index (χ2v) is 17.4. The molecule has 0 aromatic rings. The van der Waals surface area contributed by atoms with Crippen molar-refractivity contribution in [2.24, 2.45) is 0 Å². The van der Waals surface area contributed by atoms with Crippen molar-refractivity contribution in [1.29, 1.82) is 0 Å². The van der Waals surface area contributed by atoms with Crippen molar-refractivity contribution < 1.29 is 4.18 Å². The Morgan fingerprint density at radius 3 is 2.50 bits per heavy atom. The first kappa shape index (κ1) is 14.8. The molecule has 0 radical (unpaired) electrons. The van der Waals surface area contributed by atoms with Gasteiger partial charge in [0.15, 0.2) is 0 Å². The van der Waals surface area contributed by atoms with Gasteiger partial charge in [-0.3, -0.25) is 0 Å². The van der Waals surface area contributed by atoms with Crippen LogP contribution in [-0.4, -0.2) is 6.61 Å². The van der Waals surface area contributed by atoms with E-state index in [1.807, 2.05) is 6.92 Å². The highest BCUT2D eigenvalue weighted by atomic mass is 34.0. The zero-order valence-electron chi connectivity index (χ0n) is 5.83. The van der Waals surface area contributed by atoms with E-state index in [4.69, 9.17) is 26.6 Å². The van der Waals surface area contributed by atoms with Gasteiger partial charge in [0.25, 0.3) is 0 Å². The number of hydrogen-bond donors (Lipinski definition) is 1. The second kappa shape index (κ2) is 9.10. The summed E-state index contributed by atoms with van der Waals surface area (Å²) in [6.07, 6.45) is 0. The first-order chi connectivity index (χ1) is 5.62. The molecule has 0 unspecified atom stereocenters. The lowest BCUT2D eigenvalue weighted by Crippen LogP contribution is -1.93. The van der Waals surface area contributed by atoms with Crippen LogP contribution in [0.3, 0.4) is 0 Å². The molecule has 0 aromatic heterocycles. The van der Waals surface area contributed by atoms with Crippen LogP contribution in [0.2, 0.25) is 0 Å². The van der Waals surface area contributed by atoms with Crippen molar-refractivity contribution in [1.82, 2.24) is 0 Å². The number of rotatable bonds is 7. The van der Waals surface area contributed by atoms with E-state index in [9.17, 15) is 0 Å². The van der Waals surface area contributed by atoms with Gasteiger partial charge in [-0.15, -0.1) is 0 Å². The lowest BCUT2D eigenvalue weighted by atomic mass is 10.9. The normalized spacial score (nSPS) is 11.8. The Bertz CT molecular complexity index is 183. The Hall–Kier alpha value is 2.85. The zero-order chi connectivity index (χ0) is 9.45. The molecule has 0 spiro atoms. The zero-order valence-corrected chi connectivity index (χ0v) is 13.3. The maximum absolute atomic E-state index is 5.22. The molecule has 0 atom stereocenters. The van der Waals surface area contributed by atoms with Crippen LogP contribution in [0.5, 0.6) is 0 Å². The molecule has 10 heteroatoms. The molecular formula is C2H6OS9. The molecule has 0 fully saturated rings. The van der Waals surface area contributed by atoms with Crippen molar-refractivity contribution in [3.8, 4) is 0 Å². The smallest absolute Gasteiger partial charge is 0.0820 e. The Morgan fingerprint density at radius 1 is 1.33 bits per heavy atom. The largest absolute Gasteiger partial charge is 0.302 e. The van der Waals surface area contributed by atoms with E-state index >= 15 is 0 Å². The van der Waals surface area contributed by atoms with Crippen LogP contribution >= 0.6 is 60.8 Å². The van der Waals surface area contributed by atoms with Gasteiger partial charge in [-0.05, 0) is 49.0 Å². The predicted molar refractivity (Wildman–Crippen MR) is 80.7 cm³/mol. The van der Waals surface area contributed by atoms with Gasteiger partial charge in [0, 0.05) is 29.5 Å².